The lowest BCUT2D eigenvalue weighted by molar-refractivity contribution is -0.140. The van der Waals surface area contributed by atoms with Gasteiger partial charge < -0.3 is 4.74 Å². The molecular weight excluding hydrogens is 196 g/mol. The van der Waals surface area contributed by atoms with Gasteiger partial charge in [-0.25, -0.2) is 0 Å². The van der Waals surface area contributed by atoms with Gasteiger partial charge in [0.2, 0.25) is 0 Å². The second kappa shape index (κ2) is 7.16. The molecule has 0 aromatic rings. The fourth-order valence-corrected chi connectivity index (χ4v) is 2.73. The van der Waals surface area contributed by atoms with E-state index in [0.29, 0.717) is 17.6 Å². The van der Waals surface area contributed by atoms with Crippen molar-refractivity contribution in [3.8, 4) is 0 Å². The Kier molecular flexibility index (Phi) is 6.08. The van der Waals surface area contributed by atoms with E-state index in [0.717, 1.165) is 12.8 Å². The number of hydrogen-bond acceptors (Lipinski definition) is 3. The van der Waals surface area contributed by atoms with E-state index < -0.39 is 0 Å². The minimum atomic E-state index is -0.0321. The lowest BCUT2D eigenvalue weighted by atomic mass is 10.4. The Morgan fingerprint density at radius 3 is 2.79 bits per heavy atom. The van der Waals surface area contributed by atoms with Crippen LogP contribution in [0.2, 0.25) is 0 Å². The Balaban J connectivity index is 1.96. The van der Waals surface area contributed by atoms with E-state index in [-0.39, 0.29) is 5.97 Å². The first-order valence-corrected chi connectivity index (χ1v) is 6.65. The van der Waals surface area contributed by atoms with Crippen molar-refractivity contribution in [2.45, 2.75) is 50.7 Å². The van der Waals surface area contributed by atoms with Gasteiger partial charge in [0.05, 0.1) is 12.4 Å². The van der Waals surface area contributed by atoms with Crippen LogP contribution in [0.3, 0.4) is 0 Å². The minimum Gasteiger partial charge on any atom is -0.465 e. The predicted octanol–water partition coefficient (Wildman–Crippen LogP) is 3.01. The van der Waals surface area contributed by atoms with Crippen LogP contribution in [0.15, 0.2) is 0 Å². The second-order valence-electron chi connectivity index (χ2n) is 3.79. The summed E-state index contributed by atoms with van der Waals surface area (Å²) in [6.45, 7) is 2.70. The second-order valence-corrected chi connectivity index (χ2v) is 5.08. The molecule has 2 nitrogen and oxygen atoms in total. The lowest BCUT2D eigenvalue weighted by Gasteiger charge is -2.08. The van der Waals surface area contributed by atoms with Crippen LogP contribution in [0.4, 0.5) is 0 Å². The number of hydrogen-bond donors (Lipinski definition) is 0. The molecule has 1 aliphatic rings. The Labute approximate surface area is 90.8 Å². The molecule has 0 amide bonds. The number of ether oxygens (including phenoxy) is 1. The van der Waals surface area contributed by atoms with E-state index in [1.54, 1.807) is 11.8 Å². The van der Waals surface area contributed by atoms with Crippen molar-refractivity contribution in [3.63, 3.8) is 0 Å². The van der Waals surface area contributed by atoms with E-state index >= 15 is 0 Å². The van der Waals surface area contributed by atoms with E-state index in [1.165, 1.54) is 25.7 Å². The van der Waals surface area contributed by atoms with Crippen LogP contribution >= 0.6 is 11.8 Å². The van der Waals surface area contributed by atoms with Gasteiger partial charge in [0.25, 0.3) is 0 Å². The maximum Gasteiger partial charge on any atom is 0.315 e. The molecular formula is C11H20O2S. The molecule has 0 N–H and O–H groups in total. The van der Waals surface area contributed by atoms with Crippen molar-refractivity contribution in [2.75, 3.05) is 12.4 Å². The molecule has 1 aliphatic carbocycles. The molecule has 14 heavy (non-hydrogen) atoms. The van der Waals surface area contributed by atoms with Crippen molar-refractivity contribution >= 4 is 17.7 Å². The van der Waals surface area contributed by atoms with Crippen LogP contribution in [0.1, 0.15) is 45.4 Å². The van der Waals surface area contributed by atoms with Crippen LogP contribution in [0.5, 0.6) is 0 Å². The average molecular weight is 216 g/mol. The first kappa shape index (κ1) is 11.9. The molecule has 1 saturated carbocycles. The normalized spacial score (nSPS) is 17.2. The third-order valence-electron chi connectivity index (χ3n) is 2.50. The van der Waals surface area contributed by atoms with Gasteiger partial charge in [0, 0.05) is 5.25 Å². The number of esters is 1. The maximum absolute atomic E-state index is 11.2. The highest BCUT2D eigenvalue weighted by Crippen LogP contribution is 2.29. The number of unbranched alkanes of at least 4 members (excludes halogenated alkanes) is 1. The fraction of sp³-hybridized carbons (Fsp3) is 0.909. The van der Waals surface area contributed by atoms with Gasteiger partial charge in [-0.1, -0.05) is 26.2 Å². The summed E-state index contributed by atoms with van der Waals surface area (Å²) in [5, 5.41) is 0.716. The third-order valence-corrected chi connectivity index (χ3v) is 3.85. The largest absolute Gasteiger partial charge is 0.465 e. The number of carbonyl (C=O) groups excluding carboxylic acids is 1. The fourth-order valence-electron chi connectivity index (χ4n) is 1.61. The summed E-state index contributed by atoms with van der Waals surface area (Å²) in [7, 11) is 0. The number of thioether (sulfide) groups is 1. The van der Waals surface area contributed by atoms with Crippen LogP contribution < -0.4 is 0 Å². The molecule has 0 saturated heterocycles. The van der Waals surface area contributed by atoms with Crippen LogP contribution in [0, 0.1) is 0 Å². The average Bonchev–Trinajstić information content (AvgIpc) is 2.68. The summed E-state index contributed by atoms with van der Waals surface area (Å²) >= 11 is 1.78. The topological polar surface area (TPSA) is 26.3 Å². The van der Waals surface area contributed by atoms with Crippen molar-refractivity contribution in [2.24, 2.45) is 0 Å². The number of carbonyl (C=O) groups is 1. The number of rotatable bonds is 6. The zero-order valence-corrected chi connectivity index (χ0v) is 9.78. The van der Waals surface area contributed by atoms with Crippen molar-refractivity contribution < 1.29 is 9.53 Å². The summed E-state index contributed by atoms with van der Waals surface area (Å²) < 4.78 is 5.08. The molecule has 0 heterocycles. The first-order valence-electron chi connectivity index (χ1n) is 5.60. The van der Waals surface area contributed by atoms with Crippen molar-refractivity contribution in [3.05, 3.63) is 0 Å². The molecule has 82 valence electrons. The van der Waals surface area contributed by atoms with Gasteiger partial charge in [0.15, 0.2) is 0 Å². The van der Waals surface area contributed by atoms with Gasteiger partial charge in [-0.05, 0) is 19.3 Å². The van der Waals surface area contributed by atoms with Gasteiger partial charge in [0.1, 0.15) is 0 Å². The smallest absolute Gasteiger partial charge is 0.315 e. The van der Waals surface area contributed by atoms with Gasteiger partial charge in [-0.15, -0.1) is 11.8 Å². The van der Waals surface area contributed by atoms with Gasteiger partial charge in [-0.3, -0.25) is 4.79 Å². The van der Waals surface area contributed by atoms with E-state index in [1.807, 2.05) is 0 Å². The van der Waals surface area contributed by atoms with Crippen LogP contribution in [-0.4, -0.2) is 23.6 Å². The minimum absolute atomic E-state index is 0.0321. The van der Waals surface area contributed by atoms with Crippen LogP contribution in [-0.2, 0) is 9.53 Å². The summed E-state index contributed by atoms with van der Waals surface area (Å²) in [6.07, 6.45) is 7.31. The van der Waals surface area contributed by atoms with Crippen molar-refractivity contribution in [1.29, 1.82) is 0 Å². The lowest BCUT2D eigenvalue weighted by Crippen LogP contribution is -2.10. The highest BCUT2D eigenvalue weighted by molar-refractivity contribution is 8.00. The summed E-state index contributed by atoms with van der Waals surface area (Å²) in [6, 6.07) is 0. The zero-order chi connectivity index (χ0) is 10.2. The molecule has 0 aliphatic heterocycles. The molecule has 0 spiro atoms. The molecule has 1 fully saturated rings. The predicted molar refractivity (Wildman–Crippen MR) is 60.6 cm³/mol. The maximum atomic E-state index is 11.2. The summed E-state index contributed by atoms with van der Waals surface area (Å²) in [5.74, 6) is 0.518. The molecule has 0 aromatic carbocycles. The van der Waals surface area contributed by atoms with Gasteiger partial charge >= 0.3 is 5.97 Å². The zero-order valence-electron chi connectivity index (χ0n) is 8.96. The standard InChI is InChI=1S/C11H20O2S/c1-2-3-8-13-11(12)9-14-10-6-4-5-7-10/h10H,2-9H2,1H3. The van der Waals surface area contributed by atoms with E-state index in [2.05, 4.69) is 6.92 Å². The van der Waals surface area contributed by atoms with Crippen LogP contribution in [0.25, 0.3) is 0 Å². The van der Waals surface area contributed by atoms with Crippen molar-refractivity contribution in [1.82, 2.24) is 0 Å². The molecule has 0 aromatic heterocycles. The third kappa shape index (κ3) is 4.89. The summed E-state index contributed by atoms with van der Waals surface area (Å²) in [5.41, 5.74) is 0. The first-order chi connectivity index (χ1) is 6.83. The molecule has 3 heteroatoms. The monoisotopic (exact) mass is 216 g/mol. The SMILES string of the molecule is CCCCOC(=O)CSC1CCCC1. The Hall–Kier alpha value is -0.180. The Morgan fingerprint density at radius 2 is 2.14 bits per heavy atom. The molecule has 0 bridgehead atoms. The molecule has 0 unspecified atom stereocenters. The van der Waals surface area contributed by atoms with E-state index in [4.69, 9.17) is 4.74 Å². The quantitative estimate of drug-likeness (QED) is 0.504. The van der Waals surface area contributed by atoms with E-state index in [9.17, 15) is 4.79 Å². The van der Waals surface area contributed by atoms with Gasteiger partial charge in [-0.2, -0.15) is 0 Å². The Bertz CT molecular complexity index is 165. The molecule has 0 radical (unpaired) electrons. The summed E-state index contributed by atoms with van der Waals surface area (Å²) in [4.78, 5) is 11.2. The molecule has 1 rings (SSSR count). The molecule has 0 atom stereocenters. The Morgan fingerprint density at radius 1 is 1.43 bits per heavy atom. The highest BCUT2D eigenvalue weighted by atomic mass is 32.2. The highest BCUT2D eigenvalue weighted by Gasteiger charge is 2.16.